The largest absolute Gasteiger partial charge is 0.478 e. The molecule has 0 fully saturated rings. The van der Waals surface area contributed by atoms with E-state index in [9.17, 15) is 9.59 Å². The Labute approximate surface area is 109 Å². The van der Waals surface area contributed by atoms with E-state index in [0.29, 0.717) is 12.2 Å². The van der Waals surface area contributed by atoms with Crippen molar-refractivity contribution < 1.29 is 14.7 Å². The molecule has 19 heavy (non-hydrogen) atoms. The number of anilines is 1. The average Bonchev–Trinajstić information content (AvgIpc) is 2.96. The second kappa shape index (κ2) is 5.38. The van der Waals surface area contributed by atoms with Crippen LogP contribution in [0.1, 0.15) is 22.5 Å². The standard InChI is InChI=1S/C12H14N4O3/c1-8-11(12(18)19)9(7-13-8)15-10(17)3-6-16-5-2-4-14-16/h2,4-5,7,13H,3,6H2,1H3,(H,15,17)(H,18,19). The van der Waals surface area contributed by atoms with Crippen molar-refractivity contribution in [1.29, 1.82) is 0 Å². The number of aromatic nitrogens is 3. The number of nitrogens with zero attached hydrogens (tertiary/aromatic N) is 2. The molecule has 7 heteroatoms. The summed E-state index contributed by atoms with van der Waals surface area (Å²) in [5, 5.41) is 15.6. The van der Waals surface area contributed by atoms with E-state index < -0.39 is 5.97 Å². The zero-order chi connectivity index (χ0) is 13.8. The number of H-pyrrole nitrogens is 1. The molecule has 0 aromatic carbocycles. The van der Waals surface area contributed by atoms with Crippen molar-refractivity contribution in [2.45, 2.75) is 19.9 Å². The van der Waals surface area contributed by atoms with E-state index in [4.69, 9.17) is 5.11 Å². The van der Waals surface area contributed by atoms with Gasteiger partial charge in [0.15, 0.2) is 0 Å². The van der Waals surface area contributed by atoms with Crippen LogP contribution in [0.3, 0.4) is 0 Å². The Kier molecular flexibility index (Phi) is 3.65. The SMILES string of the molecule is Cc1[nH]cc(NC(=O)CCn2cccn2)c1C(=O)O. The molecule has 2 heterocycles. The first-order valence-corrected chi connectivity index (χ1v) is 5.76. The number of aromatic amines is 1. The molecule has 7 nitrogen and oxygen atoms in total. The molecule has 1 amide bonds. The van der Waals surface area contributed by atoms with Crippen molar-refractivity contribution in [2.75, 3.05) is 5.32 Å². The van der Waals surface area contributed by atoms with E-state index in [1.165, 1.54) is 6.20 Å². The number of aromatic carboxylic acids is 1. The molecule has 0 aliphatic rings. The van der Waals surface area contributed by atoms with Gasteiger partial charge in [0.05, 0.1) is 5.69 Å². The summed E-state index contributed by atoms with van der Waals surface area (Å²) < 4.78 is 1.64. The molecule has 0 saturated carbocycles. The molecule has 0 saturated heterocycles. The van der Waals surface area contributed by atoms with Gasteiger partial charge in [-0.1, -0.05) is 0 Å². The van der Waals surface area contributed by atoms with Crippen LogP contribution >= 0.6 is 0 Å². The highest BCUT2D eigenvalue weighted by atomic mass is 16.4. The van der Waals surface area contributed by atoms with Crippen LogP contribution < -0.4 is 5.32 Å². The zero-order valence-electron chi connectivity index (χ0n) is 10.4. The van der Waals surface area contributed by atoms with Crippen molar-refractivity contribution in [3.8, 4) is 0 Å². The van der Waals surface area contributed by atoms with Crippen LogP contribution in [0.15, 0.2) is 24.7 Å². The number of rotatable bonds is 5. The predicted molar refractivity (Wildman–Crippen MR) is 68.0 cm³/mol. The van der Waals surface area contributed by atoms with Crippen LogP contribution in [0.4, 0.5) is 5.69 Å². The molecule has 0 atom stereocenters. The second-order valence-corrected chi connectivity index (χ2v) is 4.07. The van der Waals surface area contributed by atoms with E-state index >= 15 is 0 Å². The predicted octanol–water partition coefficient (Wildman–Crippen LogP) is 1.25. The minimum atomic E-state index is -1.07. The number of aryl methyl sites for hydroxylation is 2. The Hall–Kier alpha value is -2.57. The number of carbonyl (C=O) groups excluding carboxylic acids is 1. The van der Waals surface area contributed by atoms with Gasteiger partial charge in [-0.25, -0.2) is 4.79 Å². The fourth-order valence-corrected chi connectivity index (χ4v) is 1.76. The lowest BCUT2D eigenvalue weighted by molar-refractivity contribution is -0.116. The summed E-state index contributed by atoms with van der Waals surface area (Å²) in [6.07, 6.45) is 5.10. The number of carboxylic acid groups (broad SMARTS) is 1. The lowest BCUT2D eigenvalue weighted by atomic mass is 10.2. The highest BCUT2D eigenvalue weighted by Crippen LogP contribution is 2.19. The highest BCUT2D eigenvalue weighted by molar-refractivity contribution is 6.01. The summed E-state index contributed by atoms with van der Waals surface area (Å²) in [6.45, 7) is 2.09. The molecule has 2 rings (SSSR count). The molecule has 0 spiro atoms. The topological polar surface area (TPSA) is 100 Å². The fourth-order valence-electron chi connectivity index (χ4n) is 1.76. The van der Waals surface area contributed by atoms with Crippen LogP contribution in [-0.2, 0) is 11.3 Å². The van der Waals surface area contributed by atoms with Crippen LogP contribution in [0.5, 0.6) is 0 Å². The molecule has 0 aliphatic heterocycles. The summed E-state index contributed by atoms with van der Waals surface area (Å²) in [6, 6.07) is 1.77. The maximum Gasteiger partial charge on any atom is 0.339 e. The first kappa shape index (κ1) is 12.9. The van der Waals surface area contributed by atoms with Crippen molar-refractivity contribution in [3.63, 3.8) is 0 Å². The maximum absolute atomic E-state index is 11.7. The first-order chi connectivity index (χ1) is 9.08. The fraction of sp³-hybridized carbons (Fsp3) is 0.250. The molecule has 0 unspecified atom stereocenters. The van der Waals surface area contributed by atoms with E-state index in [1.54, 1.807) is 30.1 Å². The number of amides is 1. The van der Waals surface area contributed by atoms with Gasteiger partial charge in [0, 0.05) is 37.3 Å². The first-order valence-electron chi connectivity index (χ1n) is 5.76. The van der Waals surface area contributed by atoms with Gasteiger partial charge in [-0.3, -0.25) is 9.48 Å². The quantitative estimate of drug-likeness (QED) is 0.754. The van der Waals surface area contributed by atoms with Gasteiger partial charge in [0.25, 0.3) is 0 Å². The lowest BCUT2D eigenvalue weighted by Crippen LogP contribution is -2.16. The van der Waals surface area contributed by atoms with Gasteiger partial charge < -0.3 is 15.4 Å². The third-order valence-corrected chi connectivity index (χ3v) is 2.69. The van der Waals surface area contributed by atoms with E-state index in [2.05, 4.69) is 15.4 Å². The zero-order valence-corrected chi connectivity index (χ0v) is 10.4. The maximum atomic E-state index is 11.7. The third kappa shape index (κ3) is 3.01. The van der Waals surface area contributed by atoms with Gasteiger partial charge in [-0.05, 0) is 13.0 Å². The Balaban J connectivity index is 1.97. The normalized spacial score (nSPS) is 10.4. The minimum Gasteiger partial charge on any atom is -0.478 e. The van der Waals surface area contributed by atoms with Crippen LogP contribution in [0, 0.1) is 6.92 Å². The third-order valence-electron chi connectivity index (χ3n) is 2.69. The molecule has 0 aliphatic carbocycles. The Morgan fingerprint density at radius 2 is 2.32 bits per heavy atom. The number of carboxylic acids is 1. The monoisotopic (exact) mass is 262 g/mol. The number of hydrogen-bond acceptors (Lipinski definition) is 3. The van der Waals surface area contributed by atoms with Crippen molar-refractivity contribution >= 4 is 17.6 Å². The van der Waals surface area contributed by atoms with Crippen molar-refractivity contribution in [1.82, 2.24) is 14.8 Å². The molecule has 0 radical (unpaired) electrons. The van der Waals surface area contributed by atoms with Gasteiger partial charge in [-0.2, -0.15) is 5.10 Å². The summed E-state index contributed by atoms with van der Waals surface area (Å²) in [4.78, 5) is 25.6. The van der Waals surface area contributed by atoms with Crippen molar-refractivity contribution in [2.24, 2.45) is 0 Å². The molecule has 2 aromatic heterocycles. The molecule has 2 aromatic rings. The van der Waals surface area contributed by atoms with E-state index in [-0.39, 0.29) is 23.6 Å². The molecule has 3 N–H and O–H groups in total. The van der Waals surface area contributed by atoms with Gasteiger partial charge >= 0.3 is 5.97 Å². The van der Waals surface area contributed by atoms with Crippen LogP contribution in [0.2, 0.25) is 0 Å². The smallest absolute Gasteiger partial charge is 0.339 e. The second-order valence-electron chi connectivity index (χ2n) is 4.07. The van der Waals surface area contributed by atoms with Crippen LogP contribution in [0.25, 0.3) is 0 Å². The molecule has 0 bridgehead atoms. The number of carbonyl (C=O) groups is 2. The summed E-state index contributed by atoms with van der Waals surface area (Å²) in [7, 11) is 0. The summed E-state index contributed by atoms with van der Waals surface area (Å²) in [5.41, 5.74) is 0.887. The molecular formula is C12H14N4O3. The highest BCUT2D eigenvalue weighted by Gasteiger charge is 2.16. The Bertz CT molecular complexity index is 586. The van der Waals surface area contributed by atoms with Gasteiger partial charge in [-0.15, -0.1) is 0 Å². The Morgan fingerprint density at radius 1 is 1.53 bits per heavy atom. The lowest BCUT2D eigenvalue weighted by Gasteiger charge is -2.05. The van der Waals surface area contributed by atoms with E-state index in [0.717, 1.165) is 0 Å². The summed E-state index contributed by atoms with van der Waals surface area (Å²) >= 11 is 0. The molecule has 100 valence electrons. The number of nitrogens with one attached hydrogen (secondary N) is 2. The molecular weight excluding hydrogens is 248 g/mol. The number of hydrogen-bond donors (Lipinski definition) is 3. The van der Waals surface area contributed by atoms with Gasteiger partial charge in [0.2, 0.25) is 5.91 Å². The van der Waals surface area contributed by atoms with Crippen molar-refractivity contribution in [3.05, 3.63) is 35.9 Å². The van der Waals surface area contributed by atoms with Crippen LogP contribution in [-0.4, -0.2) is 31.7 Å². The summed E-state index contributed by atoms with van der Waals surface area (Å²) in [5.74, 6) is -1.32. The minimum absolute atomic E-state index is 0.0902. The average molecular weight is 262 g/mol. The van der Waals surface area contributed by atoms with E-state index in [1.807, 2.05) is 0 Å². The Morgan fingerprint density at radius 3 is 2.95 bits per heavy atom. The van der Waals surface area contributed by atoms with Gasteiger partial charge in [0.1, 0.15) is 5.56 Å².